The second-order valence-corrected chi connectivity index (χ2v) is 5.44. The SMILES string of the molecule is CCOCCO[C@H](C)C(=O)Nc1ccc(-c2nc(C)c(C)o2)cc1. The lowest BCUT2D eigenvalue weighted by Crippen LogP contribution is -2.28. The quantitative estimate of drug-likeness (QED) is 0.751. The minimum atomic E-state index is -0.540. The van der Waals surface area contributed by atoms with Gasteiger partial charge < -0.3 is 19.2 Å². The lowest BCUT2D eigenvalue weighted by atomic mass is 10.2. The smallest absolute Gasteiger partial charge is 0.253 e. The van der Waals surface area contributed by atoms with E-state index in [1.807, 2.05) is 45.0 Å². The van der Waals surface area contributed by atoms with Gasteiger partial charge in [-0.15, -0.1) is 0 Å². The number of nitrogens with one attached hydrogen (secondary N) is 1. The van der Waals surface area contributed by atoms with E-state index in [0.717, 1.165) is 17.0 Å². The highest BCUT2D eigenvalue weighted by Gasteiger charge is 2.14. The number of benzene rings is 1. The van der Waals surface area contributed by atoms with E-state index in [1.165, 1.54) is 0 Å². The van der Waals surface area contributed by atoms with Crippen molar-refractivity contribution < 1.29 is 18.7 Å². The van der Waals surface area contributed by atoms with Crippen LogP contribution in [0.2, 0.25) is 0 Å². The number of carbonyl (C=O) groups is 1. The van der Waals surface area contributed by atoms with Crippen LogP contribution in [0.15, 0.2) is 28.7 Å². The Kier molecular flexibility index (Phi) is 6.52. The zero-order chi connectivity index (χ0) is 17.5. The fourth-order valence-electron chi connectivity index (χ4n) is 2.04. The second-order valence-electron chi connectivity index (χ2n) is 5.44. The first kappa shape index (κ1) is 18.2. The minimum Gasteiger partial charge on any atom is -0.441 e. The summed E-state index contributed by atoms with van der Waals surface area (Å²) < 4.78 is 16.2. The number of nitrogens with zero attached hydrogens (tertiary/aromatic N) is 1. The third-order valence-electron chi connectivity index (χ3n) is 3.60. The molecule has 1 N–H and O–H groups in total. The monoisotopic (exact) mass is 332 g/mol. The molecule has 1 aromatic carbocycles. The van der Waals surface area contributed by atoms with Crippen LogP contribution in [0.5, 0.6) is 0 Å². The minimum absolute atomic E-state index is 0.193. The molecule has 2 rings (SSSR count). The van der Waals surface area contributed by atoms with Crippen molar-refractivity contribution in [3.05, 3.63) is 35.7 Å². The molecule has 24 heavy (non-hydrogen) atoms. The standard InChI is InChI=1S/C18H24N2O4/c1-5-22-10-11-23-14(4)17(21)20-16-8-6-15(7-9-16)18-19-12(2)13(3)24-18/h6-9,14H,5,10-11H2,1-4H3,(H,20,21)/t14-/m1/s1. The molecule has 2 aromatic rings. The predicted molar refractivity (Wildman–Crippen MR) is 91.9 cm³/mol. The van der Waals surface area contributed by atoms with Crippen molar-refractivity contribution in [2.75, 3.05) is 25.1 Å². The molecule has 0 unspecified atom stereocenters. The van der Waals surface area contributed by atoms with Gasteiger partial charge in [-0.2, -0.15) is 0 Å². The van der Waals surface area contributed by atoms with E-state index >= 15 is 0 Å². The molecular formula is C18H24N2O4. The van der Waals surface area contributed by atoms with Crippen molar-refractivity contribution in [2.45, 2.75) is 33.8 Å². The third-order valence-corrected chi connectivity index (χ3v) is 3.60. The van der Waals surface area contributed by atoms with Crippen molar-refractivity contribution >= 4 is 11.6 Å². The van der Waals surface area contributed by atoms with Crippen LogP contribution in [0, 0.1) is 13.8 Å². The fraction of sp³-hybridized carbons (Fsp3) is 0.444. The van der Waals surface area contributed by atoms with Gasteiger partial charge in [0.2, 0.25) is 5.89 Å². The number of aryl methyl sites for hydroxylation is 2. The Bertz CT molecular complexity index is 645. The molecule has 0 fully saturated rings. The molecule has 130 valence electrons. The van der Waals surface area contributed by atoms with Gasteiger partial charge in [-0.05, 0) is 52.0 Å². The Hall–Kier alpha value is -2.18. The molecule has 1 aromatic heterocycles. The van der Waals surface area contributed by atoms with Crippen LogP contribution in [-0.2, 0) is 14.3 Å². The molecule has 0 saturated heterocycles. The first-order valence-electron chi connectivity index (χ1n) is 8.06. The number of anilines is 1. The second kappa shape index (κ2) is 8.61. The summed E-state index contributed by atoms with van der Waals surface area (Å²) in [6.45, 7) is 8.94. The van der Waals surface area contributed by atoms with E-state index in [9.17, 15) is 4.79 Å². The van der Waals surface area contributed by atoms with E-state index in [4.69, 9.17) is 13.9 Å². The third kappa shape index (κ3) is 4.91. The summed E-state index contributed by atoms with van der Waals surface area (Å²) in [4.78, 5) is 16.4. The van der Waals surface area contributed by atoms with E-state index < -0.39 is 6.10 Å². The maximum absolute atomic E-state index is 12.1. The highest BCUT2D eigenvalue weighted by molar-refractivity contribution is 5.94. The molecular weight excluding hydrogens is 308 g/mol. The van der Waals surface area contributed by atoms with Crippen LogP contribution in [-0.4, -0.2) is 36.8 Å². The molecule has 0 spiro atoms. The highest BCUT2D eigenvalue weighted by Crippen LogP contribution is 2.23. The normalized spacial score (nSPS) is 12.2. The number of hydrogen-bond donors (Lipinski definition) is 1. The van der Waals surface area contributed by atoms with Crippen LogP contribution in [0.4, 0.5) is 5.69 Å². The molecule has 6 nitrogen and oxygen atoms in total. The van der Waals surface area contributed by atoms with Gasteiger partial charge in [0.25, 0.3) is 5.91 Å². The first-order valence-corrected chi connectivity index (χ1v) is 8.06. The van der Waals surface area contributed by atoms with Crippen molar-refractivity contribution in [1.29, 1.82) is 0 Å². The molecule has 1 amide bonds. The molecule has 0 aliphatic carbocycles. The van der Waals surface area contributed by atoms with Gasteiger partial charge in [0.1, 0.15) is 11.9 Å². The summed E-state index contributed by atoms with van der Waals surface area (Å²) in [6, 6.07) is 7.35. The molecule has 0 saturated carbocycles. The van der Waals surface area contributed by atoms with Crippen molar-refractivity contribution in [1.82, 2.24) is 4.98 Å². The maximum atomic E-state index is 12.1. The number of hydrogen-bond acceptors (Lipinski definition) is 5. The van der Waals surface area contributed by atoms with Gasteiger partial charge in [-0.25, -0.2) is 4.98 Å². The highest BCUT2D eigenvalue weighted by atomic mass is 16.5. The summed E-state index contributed by atoms with van der Waals surface area (Å²) in [5, 5.41) is 2.82. The lowest BCUT2D eigenvalue weighted by Gasteiger charge is -2.13. The average Bonchev–Trinajstić information content (AvgIpc) is 2.91. The number of ether oxygens (including phenoxy) is 2. The average molecular weight is 332 g/mol. The lowest BCUT2D eigenvalue weighted by molar-refractivity contribution is -0.127. The number of carbonyl (C=O) groups excluding carboxylic acids is 1. The first-order chi connectivity index (χ1) is 11.5. The van der Waals surface area contributed by atoms with Crippen LogP contribution in [0.3, 0.4) is 0 Å². The largest absolute Gasteiger partial charge is 0.441 e. The molecule has 0 aliphatic rings. The molecule has 0 radical (unpaired) electrons. The van der Waals surface area contributed by atoms with Gasteiger partial charge >= 0.3 is 0 Å². The fourth-order valence-corrected chi connectivity index (χ4v) is 2.04. The maximum Gasteiger partial charge on any atom is 0.253 e. The van der Waals surface area contributed by atoms with Crippen molar-refractivity contribution in [3.63, 3.8) is 0 Å². The Balaban J connectivity index is 1.90. The van der Waals surface area contributed by atoms with E-state index in [0.29, 0.717) is 31.4 Å². The van der Waals surface area contributed by atoms with Crippen LogP contribution < -0.4 is 5.32 Å². The predicted octanol–water partition coefficient (Wildman–Crippen LogP) is 3.34. The van der Waals surface area contributed by atoms with Crippen LogP contribution in [0.25, 0.3) is 11.5 Å². The van der Waals surface area contributed by atoms with Crippen LogP contribution >= 0.6 is 0 Å². The molecule has 1 atom stereocenters. The van der Waals surface area contributed by atoms with Crippen molar-refractivity contribution in [2.24, 2.45) is 0 Å². The molecule has 0 bridgehead atoms. The Morgan fingerprint density at radius 3 is 2.54 bits per heavy atom. The zero-order valence-electron chi connectivity index (χ0n) is 14.6. The van der Waals surface area contributed by atoms with E-state index in [1.54, 1.807) is 6.92 Å². The van der Waals surface area contributed by atoms with E-state index in [2.05, 4.69) is 10.3 Å². The van der Waals surface area contributed by atoms with Crippen LogP contribution in [0.1, 0.15) is 25.3 Å². The number of amides is 1. The summed E-state index contributed by atoms with van der Waals surface area (Å²) in [7, 11) is 0. The van der Waals surface area contributed by atoms with E-state index in [-0.39, 0.29) is 5.91 Å². The van der Waals surface area contributed by atoms with Gasteiger partial charge in [-0.3, -0.25) is 4.79 Å². The zero-order valence-corrected chi connectivity index (χ0v) is 14.6. The van der Waals surface area contributed by atoms with Gasteiger partial charge in [-0.1, -0.05) is 0 Å². The number of rotatable bonds is 8. The van der Waals surface area contributed by atoms with Gasteiger partial charge in [0.05, 0.1) is 18.9 Å². The number of aromatic nitrogens is 1. The summed E-state index contributed by atoms with van der Waals surface area (Å²) in [6.07, 6.45) is -0.540. The molecule has 0 aliphatic heterocycles. The topological polar surface area (TPSA) is 73.6 Å². The Labute approximate surface area is 142 Å². The Morgan fingerprint density at radius 2 is 1.96 bits per heavy atom. The Morgan fingerprint density at radius 1 is 1.25 bits per heavy atom. The number of oxazole rings is 1. The van der Waals surface area contributed by atoms with Crippen molar-refractivity contribution in [3.8, 4) is 11.5 Å². The molecule has 6 heteroatoms. The van der Waals surface area contributed by atoms with Gasteiger partial charge in [0.15, 0.2) is 0 Å². The van der Waals surface area contributed by atoms with Gasteiger partial charge in [0, 0.05) is 17.9 Å². The summed E-state index contributed by atoms with van der Waals surface area (Å²) in [5.74, 6) is 1.19. The summed E-state index contributed by atoms with van der Waals surface area (Å²) >= 11 is 0. The summed E-state index contributed by atoms with van der Waals surface area (Å²) in [5.41, 5.74) is 2.44. The molecule has 1 heterocycles.